The van der Waals surface area contributed by atoms with Crippen molar-refractivity contribution in [2.45, 2.75) is 19.0 Å². The van der Waals surface area contributed by atoms with Gasteiger partial charge in [0.25, 0.3) is 5.56 Å². The number of carbonyl (C=O) groups excluding carboxylic acids is 1. The second-order valence-corrected chi connectivity index (χ2v) is 8.42. The van der Waals surface area contributed by atoms with Crippen LogP contribution in [-0.2, 0) is 0 Å². The van der Waals surface area contributed by atoms with Crippen molar-refractivity contribution in [2.24, 2.45) is 0 Å². The molecule has 0 aliphatic heterocycles. The lowest BCUT2D eigenvalue weighted by Gasteiger charge is -2.15. The number of carbonyl (C=O) groups is 1. The number of Topliss-reactive ketones (excluding diaryl/α,β-unsaturated/α-hetero) is 1. The number of nitrogens with zero attached hydrogens (tertiary/aromatic N) is 2. The molecule has 4 rings (SSSR count). The first-order valence-electron chi connectivity index (χ1n) is 8.83. The number of thiophene rings is 1. The minimum Gasteiger partial charge on any atom is -0.292 e. The Kier molecular flexibility index (Phi) is 5.15. The van der Waals surface area contributed by atoms with Crippen LogP contribution < -0.4 is 5.56 Å². The van der Waals surface area contributed by atoms with E-state index in [1.54, 1.807) is 10.6 Å². The summed E-state index contributed by atoms with van der Waals surface area (Å²) < 4.78 is 1.64. The van der Waals surface area contributed by atoms with E-state index in [1.165, 1.54) is 23.1 Å². The van der Waals surface area contributed by atoms with Gasteiger partial charge in [0.05, 0.1) is 27.2 Å². The van der Waals surface area contributed by atoms with Crippen molar-refractivity contribution in [1.29, 1.82) is 0 Å². The molecule has 0 N–H and O–H groups in total. The number of hydrogen-bond donors (Lipinski definition) is 0. The van der Waals surface area contributed by atoms with Crippen LogP contribution in [0.2, 0.25) is 0 Å². The molecule has 0 spiro atoms. The summed E-state index contributed by atoms with van der Waals surface area (Å²) in [5, 5.41) is 2.98. The zero-order valence-electron chi connectivity index (χ0n) is 15.5. The van der Waals surface area contributed by atoms with Crippen molar-refractivity contribution in [2.75, 3.05) is 5.75 Å². The fourth-order valence-corrected chi connectivity index (χ4v) is 4.67. The molecule has 4 aromatic rings. The maximum atomic E-state index is 13.3. The second-order valence-electron chi connectivity index (χ2n) is 6.53. The number of hydrogen-bond acceptors (Lipinski definition) is 5. The lowest BCUT2D eigenvalue weighted by Crippen LogP contribution is -2.23. The van der Waals surface area contributed by atoms with Crippen LogP contribution in [0.4, 0.5) is 0 Å². The van der Waals surface area contributed by atoms with Crippen LogP contribution in [0.1, 0.15) is 20.8 Å². The largest absolute Gasteiger partial charge is 0.292 e. The molecular weight excluding hydrogens is 388 g/mol. The molecular formula is C22H18N2O2S2. The summed E-state index contributed by atoms with van der Waals surface area (Å²) in [6.07, 6.45) is 0. The molecule has 28 heavy (non-hydrogen) atoms. The summed E-state index contributed by atoms with van der Waals surface area (Å²) in [5.74, 6) is 0.269. The van der Waals surface area contributed by atoms with Crippen molar-refractivity contribution < 1.29 is 4.79 Å². The molecule has 0 aliphatic rings. The number of aryl methyl sites for hydroxylation is 2. The monoisotopic (exact) mass is 406 g/mol. The number of fused-ring (bicyclic) bond motifs is 1. The van der Waals surface area contributed by atoms with Crippen LogP contribution in [-0.4, -0.2) is 21.1 Å². The SMILES string of the molecule is Cc1ccc(C)c(-n2c(SCC(=O)c3cccs3)nc3ccccc3c2=O)c1. The van der Waals surface area contributed by atoms with Crippen LogP contribution in [0.15, 0.2) is 69.9 Å². The Morgan fingerprint density at radius 3 is 2.71 bits per heavy atom. The molecule has 0 fully saturated rings. The first-order valence-corrected chi connectivity index (χ1v) is 10.7. The summed E-state index contributed by atoms with van der Waals surface area (Å²) in [6, 6.07) is 17.0. The molecule has 0 aliphatic carbocycles. The summed E-state index contributed by atoms with van der Waals surface area (Å²) in [7, 11) is 0. The standard InChI is InChI=1S/C22H18N2O2S2/c1-14-9-10-15(2)18(12-14)24-21(26)16-6-3-4-7-17(16)23-22(24)28-13-19(25)20-8-5-11-27-20/h3-12H,13H2,1-2H3. The Balaban J connectivity index is 1.85. The van der Waals surface area contributed by atoms with E-state index in [0.717, 1.165) is 16.8 Å². The molecule has 0 atom stereocenters. The van der Waals surface area contributed by atoms with Crippen molar-refractivity contribution in [3.05, 3.63) is 86.3 Å². The van der Waals surface area contributed by atoms with Gasteiger partial charge in [-0.2, -0.15) is 0 Å². The van der Waals surface area contributed by atoms with E-state index >= 15 is 0 Å². The normalized spacial score (nSPS) is 11.1. The average Bonchev–Trinajstić information content (AvgIpc) is 3.23. The molecule has 0 amide bonds. The fourth-order valence-electron chi connectivity index (χ4n) is 3.02. The fraction of sp³-hybridized carbons (Fsp3) is 0.136. The molecule has 0 bridgehead atoms. The maximum Gasteiger partial charge on any atom is 0.266 e. The smallest absolute Gasteiger partial charge is 0.266 e. The number of para-hydroxylation sites is 1. The van der Waals surface area contributed by atoms with Gasteiger partial charge >= 0.3 is 0 Å². The zero-order valence-corrected chi connectivity index (χ0v) is 17.1. The zero-order chi connectivity index (χ0) is 19.7. The minimum absolute atomic E-state index is 0.0370. The Hall–Kier alpha value is -2.70. The highest BCUT2D eigenvalue weighted by molar-refractivity contribution is 7.99. The van der Waals surface area contributed by atoms with Crippen molar-refractivity contribution >= 4 is 39.8 Å². The van der Waals surface area contributed by atoms with Gasteiger partial charge in [-0.3, -0.25) is 14.2 Å². The van der Waals surface area contributed by atoms with Crippen LogP contribution in [0, 0.1) is 13.8 Å². The van der Waals surface area contributed by atoms with Crippen molar-refractivity contribution in [3.8, 4) is 5.69 Å². The third-order valence-electron chi connectivity index (χ3n) is 4.48. The summed E-state index contributed by atoms with van der Waals surface area (Å²) in [6.45, 7) is 3.97. The van der Waals surface area contributed by atoms with Crippen LogP contribution in [0.3, 0.4) is 0 Å². The van der Waals surface area contributed by atoms with Gasteiger partial charge < -0.3 is 0 Å². The molecule has 4 nitrogen and oxygen atoms in total. The number of benzene rings is 2. The number of aromatic nitrogens is 2. The molecule has 2 aromatic heterocycles. The topological polar surface area (TPSA) is 52.0 Å². The van der Waals surface area contributed by atoms with E-state index in [9.17, 15) is 9.59 Å². The molecule has 0 unspecified atom stereocenters. The summed E-state index contributed by atoms with van der Waals surface area (Å²) in [4.78, 5) is 31.2. The Labute approximate surface area is 170 Å². The number of rotatable bonds is 5. The summed E-state index contributed by atoms with van der Waals surface area (Å²) >= 11 is 2.73. The van der Waals surface area contributed by atoms with Gasteiger partial charge in [0.1, 0.15) is 0 Å². The average molecular weight is 407 g/mol. The second kappa shape index (κ2) is 7.73. The highest BCUT2D eigenvalue weighted by atomic mass is 32.2. The third-order valence-corrected chi connectivity index (χ3v) is 6.33. The van der Waals surface area contributed by atoms with Crippen LogP contribution >= 0.6 is 23.1 Å². The van der Waals surface area contributed by atoms with E-state index in [2.05, 4.69) is 0 Å². The lowest BCUT2D eigenvalue weighted by atomic mass is 10.1. The lowest BCUT2D eigenvalue weighted by molar-refractivity contribution is 0.102. The first kappa shape index (κ1) is 18.7. The van der Waals surface area contributed by atoms with Gasteiger partial charge in [-0.25, -0.2) is 4.98 Å². The molecule has 0 saturated heterocycles. The van der Waals surface area contributed by atoms with Crippen LogP contribution in [0.25, 0.3) is 16.6 Å². The van der Waals surface area contributed by atoms with E-state index < -0.39 is 0 Å². The third kappa shape index (κ3) is 3.53. The van der Waals surface area contributed by atoms with E-state index in [4.69, 9.17) is 4.98 Å². The Bertz CT molecular complexity index is 1230. The first-order chi connectivity index (χ1) is 13.5. The van der Waals surface area contributed by atoms with Gasteiger partial charge in [-0.1, -0.05) is 42.1 Å². The van der Waals surface area contributed by atoms with Crippen LogP contribution in [0.5, 0.6) is 0 Å². The Morgan fingerprint density at radius 1 is 1.11 bits per heavy atom. The van der Waals surface area contributed by atoms with Gasteiger partial charge in [0, 0.05) is 0 Å². The van der Waals surface area contributed by atoms with Gasteiger partial charge in [-0.15, -0.1) is 11.3 Å². The van der Waals surface area contributed by atoms with E-state index in [0.29, 0.717) is 20.9 Å². The quantitative estimate of drug-likeness (QED) is 0.265. The van der Waals surface area contributed by atoms with Gasteiger partial charge in [0.15, 0.2) is 10.9 Å². The van der Waals surface area contributed by atoms with E-state index in [1.807, 2.05) is 67.8 Å². The molecule has 140 valence electrons. The predicted molar refractivity (Wildman–Crippen MR) is 116 cm³/mol. The molecule has 2 heterocycles. The molecule has 6 heteroatoms. The van der Waals surface area contributed by atoms with Crippen molar-refractivity contribution in [3.63, 3.8) is 0 Å². The number of thioether (sulfide) groups is 1. The van der Waals surface area contributed by atoms with Gasteiger partial charge in [0.2, 0.25) is 0 Å². The maximum absolute atomic E-state index is 13.3. The molecule has 0 saturated carbocycles. The summed E-state index contributed by atoms with van der Waals surface area (Å²) in [5.41, 5.74) is 3.36. The minimum atomic E-state index is -0.120. The number of ketones is 1. The Morgan fingerprint density at radius 2 is 1.93 bits per heavy atom. The van der Waals surface area contributed by atoms with E-state index in [-0.39, 0.29) is 17.1 Å². The predicted octanol–water partition coefficient (Wildman–Crippen LogP) is 5.04. The van der Waals surface area contributed by atoms with Crippen molar-refractivity contribution in [1.82, 2.24) is 9.55 Å². The molecule has 2 aromatic carbocycles. The highest BCUT2D eigenvalue weighted by Crippen LogP contribution is 2.25. The van der Waals surface area contributed by atoms with Gasteiger partial charge in [-0.05, 0) is 54.6 Å². The highest BCUT2D eigenvalue weighted by Gasteiger charge is 2.17. The molecule has 0 radical (unpaired) electrons.